The molecule has 0 bridgehead atoms. The van der Waals surface area contributed by atoms with Crippen molar-refractivity contribution in [3.05, 3.63) is 65.2 Å². The lowest BCUT2D eigenvalue weighted by atomic mass is 9.90. The molecular formula is C31H43N3O6. The van der Waals surface area contributed by atoms with Gasteiger partial charge in [0.1, 0.15) is 11.6 Å². The lowest BCUT2D eigenvalue weighted by Crippen LogP contribution is -2.48. The summed E-state index contributed by atoms with van der Waals surface area (Å²) in [5, 5.41) is 15.0. The van der Waals surface area contributed by atoms with E-state index in [1.165, 1.54) is 0 Å². The first-order valence-corrected chi connectivity index (χ1v) is 14.2. The fourth-order valence-electron chi connectivity index (χ4n) is 5.30. The molecule has 0 aliphatic carbocycles. The van der Waals surface area contributed by atoms with Crippen molar-refractivity contribution in [3.8, 4) is 0 Å². The van der Waals surface area contributed by atoms with Crippen molar-refractivity contribution < 1.29 is 28.9 Å². The molecule has 0 saturated carbocycles. The average Bonchev–Trinajstić information content (AvgIpc) is 3.38. The maximum absolute atomic E-state index is 13.0. The number of rotatable bonds is 8. The maximum Gasteiger partial charge on any atom is 0.323 e. The number of nitrogens with zero attached hydrogens (tertiary/aromatic N) is 1. The van der Waals surface area contributed by atoms with Crippen LogP contribution in [-0.2, 0) is 25.6 Å². The molecule has 0 radical (unpaired) electrons. The van der Waals surface area contributed by atoms with E-state index >= 15 is 0 Å². The fraction of sp³-hybridized carbons (Fsp3) is 0.548. The van der Waals surface area contributed by atoms with Gasteiger partial charge in [0.25, 0.3) is 0 Å². The normalized spacial score (nSPS) is 25.4. The molecule has 5 atom stereocenters. The third kappa shape index (κ3) is 7.60. The van der Waals surface area contributed by atoms with Crippen LogP contribution < -0.4 is 10.6 Å². The number of esters is 1. The van der Waals surface area contributed by atoms with Gasteiger partial charge in [0.15, 0.2) is 6.29 Å². The number of nitrogens with one attached hydrogen (secondary N) is 2. The van der Waals surface area contributed by atoms with Crippen LogP contribution in [0.25, 0.3) is 0 Å². The van der Waals surface area contributed by atoms with Gasteiger partial charge in [-0.25, -0.2) is 4.79 Å². The summed E-state index contributed by atoms with van der Waals surface area (Å²) in [5.74, 6) is -0.192. The summed E-state index contributed by atoms with van der Waals surface area (Å²) in [6, 6.07) is 14.7. The summed E-state index contributed by atoms with van der Waals surface area (Å²) in [6.07, 6.45) is 0.591. The topological polar surface area (TPSA) is 109 Å². The number of carbonyl (C=O) groups is 2. The number of anilines is 1. The largest absolute Gasteiger partial charge is 0.459 e. The summed E-state index contributed by atoms with van der Waals surface area (Å²) in [5.41, 5.74) is 2.80. The van der Waals surface area contributed by atoms with Gasteiger partial charge in [0, 0.05) is 30.3 Å². The standard InChI is InChI=1S/C31H43N3O6/c1-6-32-30(37)33-24-15-13-23(14-16-24)29-38-26(18-34-17-7-8-25(34)28(36)40-31(3,4)5)20(2)27(39-29)22-11-9-21(19-35)10-12-22/h9-16,20,25-27,29,35H,6-8,17-19H2,1-5H3,(H2,32,33,37). The van der Waals surface area contributed by atoms with Gasteiger partial charge in [-0.1, -0.05) is 43.3 Å². The molecule has 2 aromatic rings. The molecule has 2 amide bonds. The third-order valence-corrected chi connectivity index (χ3v) is 7.36. The van der Waals surface area contributed by atoms with Crippen molar-refractivity contribution in [1.82, 2.24) is 10.2 Å². The van der Waals surface area contributed by atoms with Crippen LogP contribution in [0.15, 0.2) is 48.5 Å². The van der Waals surface area contributed by atoms with E-state index in [0.717, 1.165) is 36.1 Å². The first-order valence-electron chi connectivity index (χ1n) is 14.2. The summed E-state index contributed by atoms with van der Waals surface area (Å²) in [7, 11) is 0. The average molecular weight is 554 g/mol. The molecule has 2 aliphatic heterocycles. The van der Waals surface area contributed by atoms with Crippen molar-refractivity contribution in [3.63, 3.8) is 0 Å². The van der Waals surface area contributed by atoms with Crippen LogP contribution in [0.5, 0.6) is 0 Å². The minimum Gasteiger partial charge on any atom is -0.459 e. The number of carbonyl (C=O) groups excluding carboxylic acids is 2. The van der Waals surface area contributed by atoms with Crippen LogP contribution in [0.3, 0.4) is 0 Å². The minimum atomic E-state index is -0.634. The molecule has 2 aliphatic rings. The van der Waals surface area contributed by atoms with Gasteiger partial charge in [-0.15, -0.1) is 0 Å². The second kappa shape index (κ2) is 13.1. The molecule has 9 heteroatoms. The Bertz CT molecular complexity index is 1130. The molecule has 3 N–H and O–H groups in total. The third-order valence-electron chi connectivity index (χ3n) is 7.36. The van der Waals surface area contributed by atoms with Crippen molar-refractivity contribution in [2.45, 2.75) is 84.2 Å². The van der Waals surface area contributed by atoms with Crippen molar-refractivity contribution >= 4 is 17.7 Å². The lowest BCUT2D eigenvalue weighted by Gasteiger charge is -2.43. The Hall–Kier alpha value is -2.98. The molecule has 40 heavy (non-hydrogen) atoms. The fourth-order valence-corrected chi connectivity index (χ4v) is 5.30. The molecular weight excluding hydrogens is 510 g/mol. The zero-order valence-corrected chi connectivity index (χ0v) is 24.2. The van der Waals surface area contributed by atoms with Gasteiger partial charge in [-0.05, 0) is 70.3 Å². The van der Waals surface area contributed by atoms with Gasteiger partial charge < -0.3 is 30.0 Å². The zero-order chi connectivity index (χ0) is 28.9. The SMILES string of the molecule is CCNC(=O)Nc1ccc(C2OC(CN3CCCC3C(=O)OC(C)(C)C)C(C)C(c3ccc(CO)cc3)O2)cc1. The highest BCUT2D eigenvalue weighted by Crippen LogP contribution is 2.42. The highest BCUT2D eigenvalue weighted by atomic mass is 16.7. The molecule has 0 aromatic heterocycles. The molecule has 2 saturated heterocycles. The number of benzene rings is 2. The van der Waals surface area contributed by atoms with Gasteiger partial charge in [-0.3, -0.25) is 9.69 Å². The van der Waals surface area contributed by atoms with Crippen LogP contribution in [0.2, 0.25) is 0 Å². The van der Waals surface area contributed by atoms with Crippen LogP contribution in [0, 0.1) is 5.92 Å². The Balaban J connectivity index is 1.56. The molecule has 5 unspecified atom stereocenters. The highest BCUT2D eigenvalue weighted by Gasteiger charge is 2.42. The van der Waals surface area contributed by atoms with E-state index in [1.807, 2.05) is 76.2 Å². The summed E-state index contributed by atoms with van der Waals surface area (Å²) in [4.78, 5) is 27.1. The smallest absolute Gasteiger partial charge is 0.323 e. The van der Waals surface area contributed by atoms with Crippen LogP contribution >= 0.6 is 0 Å². The maximum atomic E-state index is 13.0. The van der Waals surface area contributed by atoms with Gasteiger partial charge in [0.05, 0.1) is 18.8 Å². The molecule has 4 rings (SSSR count). The Morgan fingerprint density at radius 3 is 2.35 bits per heavy atom. The minimum absolute atomic E-state index is 0.00482. The quantitative estimate of drug-likeness (QED) is 0.398. The number of likely N-dealkylation sites (tertiary alicyclic amines) is 1. The molecule has 218 valence electrons. The van der Waals surface area contributed by atoms with Crippen LogP contribution in [0.1, 0.15) is 76.5 Å². The van der Waals surface area contributed by atoms with Crippen molar-refractivity contribution in [1.29, 1.82) is 0 Å². The number of hydrogen-bond acceptors (Lipinski definition) is 7. The summed E-state index contributed by atoms with van der Waals surface area (Å²) < 4.78 is 18.8. The second-order valence-corrected chi connectivity index (χ2v) is 11.6. The number of ether oxygens (including phenoxy) is 3. The van der Waals surface area contributed by atoms with E-state index in [4.69, 9.17) is 14.2 Å². The van der Waals surface area contributed by atoms with E-state index in [-0.39, 0.29) is 42.8 Å². The summed E-state index contributed by atoms with van der Waals surface area (Å²) >= 11 is 0. The molecule has 0 spiro atoms. The van der Waals surface area contributed by atoms with Crippen LogP contribution in [0.4, 0.5) is 10.5 Å². The Kier molecular flexibility index (Phi) is 9.84. The number of aliphatic hydroxyl groups excluding tert-OH is 1. The molecule has 2 fully saturated rings. The predicted molar refractivity (Wildman–Crippen MR) is 153 cm³/mol. The Morgan fingerprint density at radius 1 is 1.05 bits per heavy atom. The van der Waals surface area contributed by atoms with Crippen molar-refractivity contribution in [2.75, 3.05) is 25.0 Å². The first-order chi connectivity index (χ1) is 19.1. The highest BCUT2D eigenvalue weighted by molar-refractivity contribution is 5.89. The lowest BCUT2D eigenvalue weighted by molar-refractivity contribution is -0.276. The van der Waals surface area contributed by atoms with E-state index in [1.54, 1.807) is 0 Å². The van der Waals surface area contributed by atoms with E-state index in [9.17, 15) is 14.7 Å². The molecule has 2 heterocycles. The Labute approximate surface area is 237 Å². The monoisotopic (exact) mass is 553 g/mol. The predicted octanol–water partition coefficient (Wildman–Crippen LogP) is 4.92. The van der Waals surface area contributed by atoms with E-state index in [2.05, 4.69) is 22.5 Å². The number of amides is 2. The second-order valence-electron chi connectivity index (χ2n) is 11.6. The van der Waals surface area contributed by atoms with E-state index < -0.39 is 11.9 Å². The zero-order valence-electron chi connectivity index (χ0n) is 24.2. The summed E-state index contributed by atoms with van der Waals surface area (Å²) in [6.45, 7) is 11.6. The first kappa shape index (κ1) is 30.0. The van der Waals surface area contributed by atoms with Crippen LogP contribution in [-0.4, -0.2) is 59.4 Å². The van der Waals surface area contributed by atoms with E-state index in [0.29, 0.717) is 18.8 Å². The molecule has 2 aromatic carbocycles. The van der Waals surface area contributed by atoms with Gasteiger partial charge in [-0.2, -0.15) is 0 Å². The Morgan fingerprint density at radius 2 is 1.73 bits per heavy atom. The van der Waals surface area contributed by atoms with Crippen molar-refractivity contribution in [2.24, 2.45) is 5.92 Å². The van der Waals surface area contributed by atoms with Gasteiger partial charge >= 0.3 is 12.0 Å². The number of hydrogen-bond donors (Lipinski definition) is 3. The molecule has 9 nitrogen and oxygen atoms in total. The number of urea groups is 1. The van der Waals surface area contributed by atoms with Gasteiger partial charge in [0.2, 0.25) is 0 Å². The number of aliphatic hydroxyl groups is 1.